The SMILES string of the molecule is CCCCC1(O)c2ccsc2-c2ccccc2-c2c1c1c(c3cc(OC)ccc23)OC(c2ccccc2)(c2ccc(N3C(C)CCCC3C)cc2)C=C1. The van der Waals surface area contributed by atoms with Gasteiger partial charge in [0.1, 0.15) is 17.1 Å². The Labute approximate surface area is 317 Å². The molecule has 1 N–H and O–H groups in total. The van der Waals surface area contributed by atoms with Crippen LogP contribution in [0.5, 0.6) is 11.5 Å². The molecule has 1 aromatic heterocycles. The fraction of sp³-hybridized carbons (Fsp3) is 0.292. The molecular weight excluding hydrogens is 671 g/mol. The summed E-state index contributed by atoms with van der Waals surface area (Å²) >= 11 is 1.71. The van der Waals surface area contributed by atoms with Crippen LogP contribution < -0.4 is 14.4 Å². The van der Waals surface area contributed by atoms with Gasteiger partial charge in [-0.15, -0.1) is 11.3 Å². The molecule has 4 nitrogen and oxygen atoms in total. The van der Waals surface area contributed by atoms with Crippen LogP contribution in [0.3, 0.4) is 0 Å². The van der Waals surface area contributed by atoms with Gasteiger partial charge in [0.25, 0.3) is 0 Å². The predicted octanol–water partition coefficient (Wildman–Crippen LogP) is 12.1. The molecule has 6 aromatic rings. The maximum Gasteiger partial charge on any atom is 0.178 e. The Hall–Kier alpha value is -4.84. The van der Waals surface area contributed by atoms with Gasteiger partial charge in [-0.2, -0.15) is 0 Å². The summed E-state index contributed by atoms with van der Waals surface area (Å²) in [5.41, 5.74) is 7.38. The number of hydrogen-bond acceptors (Lipinski definition) is 5. The largest absolute Gasteiger partial charge is 0.497 e. The molecule has 5 aromatic carbocycles. The summed E-state index contributed by atoms with van der Waals surface area (Å²) in [4.78, 5) is 3.71. The van der Waals surface area contributed by atoms with Gasteiger partial charge in [-0.3, -0.25) is 0 Å². The van der Waals surface area contributed by atoms with Crippen LogP contribution in [0, 0.1) is 0 Å². The number of benzene rings is 5. The summed E-state index contributed by atoms with van der Waals surface area (Å²) in [6.07, 6.45) is 10.6. The van der Waals surface area contributed by atoms with Crippen molar-refractivity contribution in [2.75, 3.05) is 12.0 Å². The van der Waals surface area contributed by atoms with E-state index in [9.17, 15) is 5.11 Å². The van der Waals surface area contributed by atoms with Crippen molar-refractivity contribution in [2.24, 2.45) is 0 Å². The molecule has 268 valence electrons. The van der Waals surface area contributed by atoms with E-state index in [1.807, 2.05) is 6.07 Å². The summed E-state index contributed by atoms with van der Waals surface area (Å²) in [6, 6.07) is 37.7. The molecule has 0 radical (unpaired) electrons. The molecule has 0 spiro atoms. The number of anilines is 1. The second kappa shape index (κ2) is 13.2. The Balaban J connectivity index is 1.33. The lowest BCUT2D eigenvalue weighted by Gasteiger charge is -2.42. The second-order valence-corrected chi connectivity index (χ2v) is 16.1. The maximum absolute atomic E-state index is 13.4. The Morgan fingerprint density at radius 2 is 1.57 bits per heavy atom. The first-order valence-corrected chi connectivity index (χ1v) is 20.2. The van der Waals surface area contributed by atoms with E-state index in [1.165, 1.54) is 24.9 Å². The van der Waals surface area contributed by atoms with Gasteiger partial charge in [0.05, 0.1) is 7.11 Å². The first-order valence-electron chi connectivity index (χ1n) is 19.3. The smallest absolute Gasteiger partial charge is 0.178 e. The van der Waals surface area contributed by atoms with Gasteiger partial charge >= 0.3 is 0 Å². The van der Waals surface area contributed by atoms with E-state index in [0.717, 1.165) is 84.5 Å². The highest BCUT2D eigenvalue weighted by molar-refractivity contribution is 7.13. The van der Waals surface area contributed by atoms with Crippen LogP contribution in [0.4, 0.5) is 5.69 Å². The maximum atomic E-state index is 13.4. The van der Waals surface area contributed by atoms with Crippen molar-refractivity contribution in [3.8, 4) is 33.1 Å². The highest BCUT2D eigenvalue weighted by Crippen LogP contribution is 2.58. The Morgan fingerprint density at radius 3 is 2.30 bits per heavy atom. The Bertz CT molecular complexity index is 2330. The fourth-order valence-electron chi connectivity index (χ4n) is 9.50. The first kappa shape index (κ1) is 34.0. The van der Waals surface area contributed by atoms with Gasteiger partial charge in [-0.25, -0.2) is 0 Å². The normalized spacial score (nSPS) is 23.0. The zero-order valence-electron chi connectivity index (χ0n) is 31.1. The number of aliphatic hydroxyl groups is 1. The number of hydrogen-bond donors (Lipinski definition) is 1. The molecule has 53 heavy (non-hydrogen) atoms. The molecule has 3 heterocycles. The number of piperidine rings is 1. The molecule has 3 aliphatic rings. The fourth-order valence-corrected chi connectivity index (χ4v) is 10.5. The molecule has 1 fully saturated rings. The van der Waals surface area contributed by atoms with Crippen LogP contribution in [0.1, 0.15) is 87.1 Å². The minimum absolute atomic E-state index is 0.502. The van der Waals surface area contributed by atoms with Crippen LogP contribution in [0.25, 0.3) is 38.4 Å². The predicted molar refractivity (Wildman–Crippen MR) is 220 cm³/mol. The van der Waals surface area contributed by atoms with Crippen LogP contribution in [-0.4, -0.2) is 24.3 Å². The third kappa shape index (κ3) is 5.26. The minimum Gasteiger partial charge on any atom is -0.497 e. The monoisotopic (exact) mass is 717 g/mol. The van der Waals surface area contributed by atoms with Crippen LogP contribution in [-0.2, 0) is 11.2 Å². The van der Waals surface area contributed by atoms with E-state index in [1.54, 1.807) is 18.4 Å². The molecule has 0 bridgehead atoms. The zero-order chi connectivity index (χ0) is 36.3. The van der Waals surface area contributed by atoms with Crippen molar-refractivity contribution in [3.05, 3.63) is 142 Å². The lowest BCUT2D eigenvalue weighted by molar-refractivity contribution is 0.0692. The highest BCUT2D eigenvalue weighted by atomic mass is 32.1. The van der Waals surface area contributed by atoms with E-state index >= 15 is 0 Å². The molecule has 5 heteroatoms. The van der Waals surface area contributed by atoms with Gasteiger partial charge in [0, 0.05) is 55.9 Å². The number of fused-ring (bicyclic) bond motifs is 10. The average Bonchev–Trinajstić information content (AvgIpc) is 3.68. The van der Waals surface area contributed by atoms with Gasteiger partial charge in [0.2, 0.25) is 0 Å². The van der Waals surface area contributed by atoms with Crippen LogP contribution >= 0.6 is 11.3 Å². The minimum atomic E-state index is -1.23. The molecular formula is C48H47NO3S. The summed E-state index contributed by atoms with van der Waals surface area (Å²) < 4.78 is 13.5. The standard InChI is InChI=1S/C48H47NO3S/c1-5-6-27-47(50)42-26-29-53-46(42)39-18-11-10-17-37(39)43-38-24-23-36(51-4)30-41(38)45-40(44(43)47)25-28-48(52-45,33-15-8-7-9-16-33)34-19-21-35(22-20-34)49-31(2)13-12-14-32(49)3/h7-11,15-26,28-32,50H,5-6,12-14,27H2,1-4H3. The number of methoxy groups -OCH3 is 1. The second-order valence-electron chi connectivity index (χ2n) is 15.2. The van der Waals surface area contributed by atoms with E-state index < -0.39 is 11.2 Å². The number of rotatable bonds is 7. The number of unbranched alkanes of at least 4 members (excludes halogenated alkanes) is 1. The molecule has 2 aliphatic heterocycles. The van der Waals surface area contributed by atoms with Gasteiger partial charge in [0.15, 0.2) is 5.60 Å². The molecule has 4 unspecified atom stereocenters. The summed E-state index contributed by atoms with van der Waals surface area (Å²) in [7, 11) is 1.72. The van der Waals surface area contributed by atoms with Gasteiger partial charge in [-0.05, 0) is 109 Å². The van der Waals surface area contributed by atoms with E-state index in [2.05, 4.69) is 140 Å². The first-order chi connectivity index (χ1) is 25.9. The highest BCUT2D eigenvalue weighted by Gasteiger charge is 2.46. The van der Waals surface area contributed by atoms with Gasteiger partial charge in [-0.1, -0.05) is 92.6 Å². The Morgan fingerprint density at radius 1 is 0.849 bits per heavy atom. The summed E-state index contributed by atoms with van der Waals surface area (Å²) in [6.45, 7) is 6.89. The van der Waals surface area contributed by atoms with Crippen LogP contribution in [0.2, 0.25) is 0 Å². The van der Waals surface area contributed by atoms with Crippen molar-refractivity contribution in [1.29, 1.82) is 0 Å². The van der Waals surface area contributed by atoms with Crippen molar-refractivity contribution < 1.29 is 14.6 Å². The lowest BCUT2D eigenvalue weighted by atomic mass is 9.74. The van der Waals surface area contributed by atoms with Crippen molar-refractivity contribution in [2.45, 2.75) is 82.6 Å². The molecule has 9 rings (SSSR count). The van der Waals surface area contributed by atoms with Crippen molar-refractivity contribution in [3.63, 3.8) is 0 Å². The van der Waals surface area contributed by atoms with Crippen molar-refractivity contribution >= 4 is 33.9 Å². The van der Waals surface area contributed by atoms with E-state index in [4.69, 9.17) is 9.47 Å². The quantitative estimate of drug-likeness (QED) is 0.179. The molecule has 4 atom stereocenters. The molecule has 1 saturated heterocycles. The van der Waals surface area contributed by atoms with Gasteiger partial charge < -0.3 is 19.5 Å². The lowest BCUT2D eigenvalue weighted by Crippen LogP contribution is -2.43. The topological polar surface area (TPSA) is 41.9 Å². The molecule has 1 aliphatic carbocycles. The third-order valence-electron chi connectivity index (χ3n) is 12.1. The summed E-state index contributed by atoms with van der Waals surface area (Å²) in [5, 5.41) is 17.5. The zero-order valence-corrected chi connectivity index (χ0v) is 31.9. The van der Waals surface area contributed by atoms with Crippen molar-refractivity contribution in [1.82, 2.24) is 0 Å². The number of nitrogens with zero attached hydrogens (tertiary/aromatic N) is 1. The van der Waals surface area contributed by atoms with Crippen LogP contribution in [0.15, 0.2) is 115 Å². The number of ether oxygens (including phenoxy) is 2. The Kier molecular flexibility index (Phi) is 8.48. The molecule has 0 amide bonds. The number of thiophene rings is 1. The average molecular weight is 718 g/mol. The third-order valence-corrected chi connectivity index (χ3v) is 13.0. The van der Waals surface area contributed by atoms with E-state index in [0.29, 0.717) is 18.5 Å². The van der Waals surface area contributed by atoms with E-state index in [-0.39, 0.29) is 0 Å². The summed E-state index contributed by atoms with van der Waals surface area (Å²) in [5.74, 6) is 1.52. The molecule has 0 saturated carbocycles.